The van der Waals surface area contributed by atoms with Crippen LogP contribution in [0.2, 0.25) is 0 Å². The lowest BCUT2D eigenvalue weighted by molar-refractivity contribution is -0.384. The first-order chi connectivity index (χ1) is 13.1. The Morgan fingerprint density at radius 1 is 1.33 bits per heavy atom. The summed E-state index contributed by atoms with van der Waals surface area (Å²) in [6, 6.07) is 11.2. The van der Waals surface area contributed by atoms with Crippen molar-refractivity contribution in [3.05, 3.63) is 63.5 Å². The summed E-state index contributed by atoms with van der Waals surface area (Å²) < 4.78 is 5.33. The minimum absolute atomic E-state index is 0.0391. The van der Waals surface area contributed by atoms with Crippen LogP contribution in [0.1, 0.15) is 12.5 Å². The molecular formula is C18H16N4O4S. The number of nitrogens with zero attached hydrogens (tertiary/aromatic N) is 3. The first-order valence-corrected chi connectivity index (χ1v) is 8.90. The van der Waals surface area contributed by atoms with Crippen molar-refractivity contribution in [1.29, 1.82) is 0 Å². The molecule has 2 aromatic carbocycles. The first-order valence-electron chi connectivity index (χ1n) is 8.02. The molecule has 27 heavy (non-hydrogen) atoms. The molecular weight excluding hydrogens is 368 g/mol. The summed E-state index contributed by atoms with van der Waals surface area (Å²) in [4.78, 5) is 14.7. The highest BCUT2D eigenvalue weighted by Gasteiger charge is 2.08. The first kappa shape index (κ1) is 18.3. The van der Waals surface area contributed by atoms with Gasteiger partial charge in [-0.2, -0.15) is 5.10 Å². The predicted molar refractivity (Wildman–Crippen MR) is 105 cm³/mol. The summed E-state index contributed by atoms with van der Waals surface area (Å²) in [6.45, 7) is 2.30. The van der Waals surface area contributed by atoms with Gasteiger partial charge in [-0.15, -0.1) is 11.3 Å². The Balaban J connectivity index is 1.66. The lowest BCUT2D eigenvalue weighted by atomic mass is 10.1. The van der Waals surface area contributed by atoms with Gasteiger partial charge in [0.05, 0.1) is 23.4 Å². The molecule has 0 aliphatic heterocycles. The number of nitro groups is 1. The van der Waals surface area contributed by atoms with E-state index in [0.29, 0.717) is 23.2 Å². The van der Waals surface area contributed by atoms with Gasteiger partial charge in [-0.1, -0.05) is 0 Å². The van der Waals surface area contributed by atoms with Crippen molar-refractivity contribution in [3.63, 3.8) is 0 Å². The van der Waals surface area contributed by atoms with Crippen LogP contribution in [0.15, 0.2) is 52.9 Å². The van der Waals surface area contributed by atoms with Gasteiger partial charge in [-0.05, 0) is 42.8 Å². The van der Waals surface area contributed by atoms with Crippen molar-refractivity contribution in [3.8, 4) is 22.8 Å². The molecule has 0 fully saturated rings. The fraction of sp³-hybridized carbons (Fsp3) is 0.111. The number of phenolic OH excluding ortho intramolecular Hbond substituents is 1. The number of aromatic hydroxyl groups is 1. The zero-order valence-corrected chi connectivity index (χ0v) is 15.1. The van der Waals surface area contributed by atoms with Crippen molar-refractivity contribution in [2.24, 2.45) is 5.10 Å². The van der Waals surface area contributed by atoms with Crippen molar-refractivity contribution in [2.45, 2.75) is 6.92 Å². The molecule has 0 aliphatic rings. The van der Waals surface area contributed by atoms with Crippen LogP contribution in [-0.2, 0) is 0 Å². The largest absolute Gasteiger partial charge is 0.504 e. The van der Waals surface area contributed by atoms with Gasteiger partial charge >= 0.3 is 0 Å². The molecule has 0 saturated heterocycles. The van der Waals surface area contributed by atoms with Gasteiger partial charge in [0.15, 0.2) is 11.5 Å². The second-order valence-corrected chi connectivity index (χ2v) is 6.23. The molecule has 9 heteroatoms. The van der Waals surface area contributed by atoms with Gasteiger partial charge in [0.2, 0.25) is 5.13 Å². The average molecular weight is 384 g/mol. The number of hydrogen-bond donors (Lipinski definition) is 2. The molecule has 1 heterocycles. The fourth-order valence-corrected chi connectivity index (χ4v) is 2.92. The number of benzene rings is 2. The minimum atomic E-state index is -0.438. The summed E-state index contributed by atoms with van der Waals surface area (Å²) in [7, 11) is 0. The summed E-state index contributed by atoms with van der Waals surface area (Å²) >= 11 is 1.37. The van der Waals surface area contributed by atoms with Gasteiger partial charge < -0.3 is 9.84 Å². The number of aromatic nitrogens is 1. The number of hydrogen-bond acceptors (Lipinski definition) is 8. The molecule has 8 nitrogen and oxygen atoms in total. The van der Waals surface area contributed by atoms with E-state index in [1.54, 1.807) is 36.5 Å². The standard InChI is InChI=1S/C18H16N4O4S/c1-2-26-17-9-12(3-8-16(17)23)10-19-21-18-20-15(11-27-18)13-4-6-14(7-5-13)22(24)25/h3-11,23H,2H2,1H3,(H,20,21). The smallest absolute Gasteiger partial charge is 0.269 e. The third-order valence-electron chi connectivity index (χ3n) is 3.54. The summed E-state index contributed by atoms with van der Waals surface area (Å²) in [5.41, 5.74) is 5.13. The number of nitrogens with one attached hydrogen (secondary N) is 1. The average Bonchev–Trinajstić information content (AvgIpc) is 3.13. The fourth-order valence-electron chi connectivity index (χ4n) is 2.26. The van der Waals surface area contributed by atoms with E-state index >= 15 is 0 Å². The van der Waals surface area contributed by atoms with Crippen LogP contribution >= 0.6 is 11.3 Å². The topological polar surface area (TPSA) is 110 Å². The van der Waals surface area contributed by atoms with E-state index in [2.05, 4.69) is 15.5 Å². The maximum absolute atomic E-state index is 10.7. The molecule has 0 atom stereocenters. The van der Waals surface area contributed by atoms with Crippen molar-refractivity contribution >= 4 is 28.4 Å². The van der Waals surface area contributed by atoms with E-state index < -0.39 is 4.92 Å². The number of rotatable bonds is 7. The van der Waals surface area contributed by atoms with E-state index in [-0.39, 0.29) is 11.4 Å². The number of thiazole rings is 1. The highest BCUT2D eigenvalue weighted by atomic mass is 32.1. The van der Waals surface area contributed by atoms with Gasteiger partial charge in [0.1, 0.15) is 0 Å². The predicted octanol–water partition coefficient (Wildman–Crippen LogP) is 4.27. The van der Waals surface area contributed by atoms with Gasteiger partial charge in [0.25, 0.3) is 5.69 Å². The molecule has 0 aliphatic carbocycles. The number of phenols is 1. The van der Waals surface area contributed by atoms with Crippen LogP contribution in [0.4, 0.5) is 10.8 Å². The Morgan fingerprint density at radius 2 is 2.11 bits per heavy atom. The van der Waals surface area contributed by atoms with Crippen LogP contribution in [0.3, 0.4) is 0 Å². The van der Waals surface area contributed by atoms with Crippen molar-refractivity contribution < 1.29 is 14.8 Å². The quantitative estimate of drug-likeness (QED) is 0.358. The maximum Gasteiger partial charge on any atom is 0.269 e. The van der Waals surface area contributed by atoms with Gasteiger partial charge in [0, 0.05) is 23.1 Å². The second kappa shape index (κ2) is 8.28. The van der Waals surface area contributed by atoms with E-state index in [1.807, 2.05) is 12.3 Å². The van der Waals surface area contributed by atoms with Crippen LogP contribution in [0, 0.1) is 10.1 Å². The van der Waals surface area contributed by atoms with Crippen LogP contribution in [-0.4, -0.2) is 27.8 Å². The van der Waals surface area contributed by atoms with Crippen molar-refractivity contribution in [2.75, 3.05) is 12.0 Å². The number of non-ortho nitro benzene ring substituents is 1. The Morgan fingerprint density at radius 3 is 2.81 bits per heavy atom. The number of ether oxygens (including phenoxy) is 1. The molecule has 138 valence electrons. The molecule has 0 amide bonds. The molecule has 0 spiro atoms. The Labute approximate surface area is 158 Å². The van der Waals surface area contributed by atoms with Crippen LogP contribution < -0.4 is 10.2 Å². The number of hydrazone groups is 1. The molecule has 0 unspecified atom stereocenters. The summed E-state index contributed by atoms with van der Waals surface area (Å²) in [6.07, 6.45) is 1.59. The highest BCUT2D eigenvalue weighted by molar-refractivity contribution is 7.14. The molecule has 0 radical (unpaired) electrons. The lowest BCUT2D eigenvalue weighted by Gasteiger charge is -2.05. The number of anilines is 1. The third kappa shape index (κ3) is 4.59. The van der Waals surface area contributed by atoms with Gasteiger partial charge in [-0.3, -0.25) is 15.5 Å². The SMILES string of the molecule is CCOc1cc(C=NNc2nc(-c3ccc([N+](=O)[O-])cc3)cs2)ccc1O. The van der Waals surface area contributed by atoms with Gasteiger partial charge in [-0.25, -0.2) is 4.98 Å². The highest BCUT2D eigenvalue weighted by Crippen LogP contribution is 2.27. The maximum atomic E-state index is 10.7. The molecule has 0 saturated carbocycles. The number of nitro benzene ring substituents is 1. The van der Waals surface area contributed by atoms with E-state index in [9.17, 15) is 15.2 Å². The third-order valence-corrected chi connectivity index (χ3v) is 4.28. The Bertz CT molecular complexity index is 970. The Kier molecular flexibility index (Phi) is 5.62. The molecule has 1 aromatic heterocycles. The van der Waals surface area contributed by atoms with E-state index in [4.69, 9.17) is 4.74 Å². The zero-order chi connectivity index (χ0) is 19.2. The van der Waals surface area contributed by atoms with Crippen LogP contribution in [0.5, 0.6) is 11.5 Å². The normalized spacial score (nSPS) is 10.9. The van der Waals surface area contributed by atoms with Crippen LogP contribution in [0.25, 0.3) is 11.3 Å². The van der Waals surface area contributed by atoms with E-state index in [0.717, 1.165) is 11.1 Å². The Hall–Kier alpha value is -3.46. The molecule has 3 rings (SSSR count). The van der Waals surface area contributed by atoms with Crippen molar-refractivity contribution in [1.82, 2.24) is 4.98 Å². The minimum Gasteiger partial charge on any atom is -0.504 e. The summed E-state index contributed by atoms with van der Waals surface area (Å²) in [5.74, 6) is 0.478. The lowest BCUT2D eigenvalue weighted by Crippen LogP contribution is -1.94. The zero-order valence-electron chi connectivity index (χ0n) is 14.3. The molecule has 0 bridgehead atoms. The monoisotopic (exact) mass is 384 g/mol. The molecule has 2 N–H and O–H groups in total. The van der Waals surface area contributed by atoms with E-state index in [1.165, 1.54) is 23.5 Å². The second-order valence-electron chi connectivity index (χ2n) is 5.37. The molecule has 3 aromatic rings. The summed E-state index contributed by atoms with van der Waals surface area (Å²) in [5, 5.41) is 27.0.